The molecule has 3 nitrogen and oxygen atoms in total. The molecule has 1 aromatic heterocycles. The number of benzene rings is 1. The molecule has 0 saturated carbocycles. The summed E-state index contributed by atoms with van der Waals surface area (Å²) in [7, 11) is 0. The van der Waals surface area contributed by atoms with Crippen LogP contribution in [-0.2, 0) is 6.18 Å². The molecular formula is C12H8ClF3N2O. The summed E-state index contributed by atoms with van der Waals surface area (Å²) >= 11 is 5.78. The van der Waals surface area contributed by atoms with Crippen molar-refractivity contribution in [2.45, 2.75) is 6.18 Å². The molecule has 2 rings (SSSR count). The van der Waals surface area contributed by atoms with E-state index in [1.165, 1.54) is 24.5 Å². The van der Waals surface area contributed by atoms with Gasteiger partial charge in [0.2, 0.25) is 0 Å². The Balaban J connectivity index is 2.44. The topological polar surface area (TPSA) is 48.1 Å². The van der Waals surface area contributed by atoms with Crippen molar-refractivity contribution in [3.63, 3.8) is 0 Å². The lowest BCUT2D eigenvalue weighted by molar-refractivity contribution is -0.138. The van der Waals surface area contributed by atoms with Crippen molar-refractivity contribution < 1.29 is 17.9 Å². The molecule has 0 atom stereocenters. The second-order valence-corrected chi connectivity index (χ2v) is 4.07. The highest BCUT2D eigenvalue weighted by atomic mass is 35.5. The van der Waals surface area contributed by atoms with Gasteiger partial charge in [-0.3, -0.25) is 4.98 Å². The van der Waals surface area contributed by atoms with E-state index >= 15 is 0 Å². The fraction of sp³-hybridized carbons (Fsp3) is 0.0833. The number of anilines is 1. The summed E-state index contributed by atoms with van der Waals surface area (Å²) < 4.78 is 43.7. The largest absolute Gasteiger partial charge is 0.455 e. The van der Waals surface area contributed by atoms with Gasteiger partial charge < -0.3 is 10.5 Å². The van der Waals surface area contributed by atoms with Crippen molar-refractivity contribution in [2.75, 3.05) is 5.73 Å². The number of nitrogens with two attached hydrogens (primary N) is 1. The zero-order valence-corrected chi connectivity index (χ0v) is 10.2. The first-order chi connectivity index (χ1) is 8.88. The van der Waals surface area contributed by atoms with Crippen LogP contribution in [0.15, 0.2) is 36.7 Å². The smallest absolute Gasteiger partial charge is 0.420 e. The van der Waals surface area contributed by atoms with E-state index < -0.39 is 11.7 Å². The Bertz CT molecular complexity index is 602. The maximum atomic E-state index is 12.9. The average molecular weight is 289 g/mol. The van der Waals surface area contributed by atoms with E-state index in [1.54, 1.807) is 0 Å². The summed E-state index contributed by atoms with van der Waals surface area (Å²) in [5.41, 5.74) is 4.40. The lowest BCUT2D eigenvalue weighted by Crippen LogP contribution is -2.08. The standard InChI is InChI=1S/C12H8ClF3N2O/c13-9-6-18-4-3-11(9)19-10-2-1-7(17)5-8(10)12(14,15)16/h1-6H,17H2. The highest BCUT2D eigenvalue weighted by Crippen LogP contribution is 2.40. The molecule has 1 aromatic carbocycles. The fourth-order valence-corrected chi connectivity index (χ4v) is 1.58. The van der Waals surface area contributed by atoms with Crippen LogP contribution in [0.5, 0.6) is 11.5 Å². The first kappa shape index (κ1) is 13.5. The number of nitrogens with zero attached hydrogens (tertiary/aromatic N) is 1. The van der Waals surface area contributed by atoms with Crippen molar-refractivity contribution in [2.24, 2.45) is 0 Å². The van der Waals surface area contributed by atoms with Gasteiger partial charge in [-0.25, -0.2) is 0 Å². The van der Waals surface area contributed by atoms with Crippen LogP contribution >= 0.6 is 11.6 Å². The summed E-state index contributed by atoms with van der Waals surface area (Å²) in [6, 6.07) is 4.65. The number of rotatable bonds is 2. The van der Waals surface area contributed by atoms with Crippen molar-refractivity contribution in [1.82, 2.24) is 4.98 Å². The first-order valence-electron chi connectivity index (χ1n) is 5.12. The van der Waals surface area contributed by atoms with Gasteiger partial charge in [-0.15, -0.1) is 0 Å². The van der Waals surface area contributed by atoms with E-state index in [9.17, 15) is 13.2 Å². The summed E-state index contributed by atoms with van der Waals surface area (Å²) in [6.07, 6.45) is -1.92. The molecule has 0 saturated heterocycles. The Labute approximate surface area is 111 Å². The molecule has 0 fully saturated rings. The third kappa shape index (κ3) is 3.08. The molecular weight excluding hydrogens is 281 g/mol. The van der Waals surface area contributed by atoms with Gasteiger partial charge in [-0.2, -0.15) is 13.2 Å². The molecule has 0 bridgehead atoms. The minimum Gasteiger partial charge on any atom is -0.455 e. The first-order valence-corrected chi connectivity index (χ1v) is 5.50. The number of aromatic nitrogens is 1. The summed E-state index contributed by atoms with van der Waals surface area (Å²) in [4.78, 5) is 3.72. The monoisotopic (exact) mass is 288 g/mol. The van der Waals surface area contributed by atoms with Crippen LogP contribution in [0.1, 0.15) is 5.56 Å². The van der Waals surface area contributed by atoms with Crippen molar-refractivity contribution >= 4 is 17.3 Å². The molecule has 19 heavy (non-hydrogen) atoms. The Hall–Kier alpha value is -1.95. The van der Waals surface area contributed by atoms with E-state index in [1.807, 2.05) is 0 Å². The number of alkyl halides is 3. The highest BCUT2D eigenvalue weighted by Gasteiger charge is 2.34. The zero-order valence-electron chi connectivity index (χ0n) is 9.41. The second kappa shape index (κ2) is 4.97. The van der Waals surface area contributed by atoms with Crippen LogP contribution in [0.4, 0.5) is 18.9 Å². The number of pyridine rings is 1. The lowest BCUT2D eigenvalue weighted by Gasteiger charge is -2.14. The van der Waals surface area contributed by atoms with Crippen LogP contribution in [0.25, 0.3) is 0 Å². The predicted octanol–water partition coefficient (Wildman–Crippen LogP) is 4.13. The predicted molar refractivity (Wildman–Crippen MR) is 65.2 cm³/mol. The van der Waals surface area contributed by atoms with E-state index in [-0.39, 0.29) is 22.2 Å². The van der Waals surface area contributed by atoms with Crippen molar-refractivity contribution in [1.29, 1.82) is 0 Å². The molecule has 0 unspecified atom stereocenters. The number of ether oxygens (including phenoxy) is 1. The summed E-state index contributed by atoms with van der Waals surface area (Å²) in [5.74, 6) is -0.276. The highest BCUT2D eigenvalue weighted by molar-refractivity contribution is 6.31. The van der Waals surface area contributed by atoms with E-state index in [4.69, 9.17) is 22.1 Å². The van der Waals surface area contributed by atoms with Gasteiger partial charge >= 0.3 is 6.18 Å². The number of hydrogen-bond acceptors (Lipinski definition) is 3. The summed E-state index contributed by atoms with van der Waals surface area (Å²) in [5, 5.41) is 0.118. The molecule has 0 aliphatic carbocycles. The SMILES string of the molecule is Nc1ccc(Oc2ccncc2Cl)c(C(F)(F)F)c1. The van der Waals surface area contributed by atoms with Gasteiger partial charge in [-0.05, 0) is 18.2 Å². The molecule has 2 N–H and O–H groups in total. The Morgan fingerprint density at radius 1 is 1.16 bits per heavy atom. The van der Waals surface area contributed by atoms with Gasteiger partial charge in [0.25, 0.3) is 0 Å². The van der Waals surface area contributed by atoms with Crippen molar-refractivity contribution in [3.8, 4) is 11.5 Å². The maximum absolute atomic E-state index is 12.9. The quantitative estimate of drug-likeness (QED) is 0.845. The van der Waals surface area contributed by atoms with Crippen LogP contribution in [-0.4, -0.2) is 4.98 Å². The van der Waals surface area contributed by atoms with Gasteiger partial charge in [0.1, 0.15) is 22.1 Å². The summed E-state index contributed by atoms with van der Waals surface area (Å²) in [6.45, 7) is 0. The molecule has 0 spiro atoms. The number of nitrogen functional groups attached to an aromatic ring is 1. The van der Waals surface area contributed by atoms with Crippen LogP contribution in [0, 0.1) is 0 Å². The normalized spacial score (nSPS) is 11.4. The van der Waals surface area contributed by atoms with Crippen LogP contribution in [0.2, 0.25) is 5.02 Å². The third-order valence-electron chi connectivity index (χ3n) is 2.26. The minimum atomic E-state index is -4.57. The van der Waals surface area contributed by atoms with Crippen LogP contribution < -0.4 is 10.5 Å². The molecule has 7 heteroatoms. The van der Waals surface area contributed by atoms with Gasteiger partial charge in [0, 0.05) is 24.1 Å². The maximum Gasteiger partial charge on any atom is 0.420 e. The van der Waals surface area contributed by atoms with Gasteiger partial charge in [-0.1, -0.05) is 11.6 Å². The molecule has 0 radical (unpaired) electrons. The van der Waals surface area contributed by atoms with E-state index in [0.29, 0.717) is 0 Å². The van der Waals surface area contributed by atoms with Crippen molar-refractivity contribution in [3.05, 3.63) is 47.2 Å². The zero-order chi connectivity index (χ0) is 14.0. The molecule has 0 aliphatic rings. The fourth-order valence-electron chi connectivity index (χ4n) is 1.42. The minimum absolute atomic E-state index is 0.000463. The lowest BCUT2D eigenvalue weighted by atomic mass is 10.1. The molecule has 0 aliphatic heterocycles. The molecule has 2 aromatic rings. The Kier molecular flexibility index (Phi) is 3.53. The van der Waals surface area contributed by atoms with E-state index in [2.05, 4.69) is 4.98 Å². The van der Waals surface area contributed by atoms with Gasteiger partial charge in [0.05, 0.1) is 0 Å². The third-order valence-corrected chi connectivity index (χ3v) is 2.55. The number of halogens is 4. The average Bonchev–Trinajstić information content (AvgIpc) is 2.33. The number of hydrogen-bond donors (Lipinski definition) is 1. The second-order valence-electron chi connectivity index (χ2n) is 3.66. The van der Waals surface area contributed by atoms with Crippen LogP contribution in [0.3, 0.4) is 0 Å². The molecule has 100 valence electrons. The van der Waals surface area contributed by atoms with Gasteiger partial charge in [0.15, 0.2) is 0 Å². The molecule has 1 heterocycles. The molecule has 0 amide bonds. The Morgan fingerprint density at radius 2 is 1.89 bits per heavy atom. The van der Waals surface area contributed by atoms with E-state index in [0.717, 1.165) is 12.1 Å². The Morgan fingerprint density at radius 3 is 2.53 bits per heavy atom.